The third-order valence-corrected chi connectivity index (χ3v) is 3.82. The van der Waals surface area contributed by atoms with Crippen LogP contribution in [0.5, 0.6) is 5.75 Å². The second-order valence-corrected chi connectivity index (χ2v) is 5.58. The van der Waals surface area contributed by atoms with Crippen molar-refractivity contribution in [2.45, 2.75) is 0 Å². The molecule has 0 aliphatic rings. The Morgan fingerprint density at radius 2 is 2.05 bits per heavy atom. The third-order valence-electron chi connectivity index (χ3n) is 3.04. The van der Waals surface area contributed by atoms with Gasteiger partial charge in [-0.2, -0.15) is 0 Å². The number of fused-ring (bicyclic) bond motifs is 1. The highest BCUT2D eigenvalue weighted by molar-refractivity contribution is 9.10. The molecule has 0 bridgehead atoms. The first-order chi connectivity index (χ1) is 9.60. The van der Waals surface area contributed by atoms with Gasteiger partial charge in [-0.25, -0.2) is 4.98 Å². The average molecular weight is 353 g/mol. The van der Waals surface area contributed by atoms with Crippen LogP contribution in [0.2, 0.25) is 5.02 Å². The van der Waals surface area contributed by atoms with Crippen molar-refractivity contribution in [1.29, 1.82) is 0 Å². The molecule has 0 unspecified atom stereocenters. The van der Waals surface area contributed by atoms with Crippen molar-refractivity contribution in [2.75, 3.05) is 12.8 Å². The van der Waals surface area contributed by atoms with Gasteiger partial charge in [0.05, 0.1) is 28.9 Å². The van der Waals surface area contributed by atoms with Crippen LogP contribution in [0.15, 0.2) is 40.9 Å². The molecule has 0 fully saturated rings. The topological polar surface area (TPSA) is 53.1 Å². The number of hydrogen-bond donors (Lipinski definition) is 1. The molecule has 0 aliphatic carbocycles. The smallest absolute Gasteiger partial charge is 0.205 e. The van der Waals surface area contributed by atoms with Gasteiger partial charge in [-0.05, 0) is 36.4 Å². The molecule has 1 aromatic heterocycles. The van der Waals surface area contributed by atoms with Crippen LogP contribution < -0.4 is 10.5 Å². The highest BCUT2D eigenvalue weighted by Gasteiger charge is 2.12. The van der Waals surface area contributed by atoms with Gasteiger partial charge < -0.3 is 10.5 Å². The summed E-state index contributed by atoms with van der Waals surface area (Å²) in [7, 11) is 1.58. The van der Waals surface area contributed by atoms with Crippen molar-refractivity contribution in [3.63, 3.8) is 0 Å². The van der Waals surface area contributed by atoms with E-state index in [-0.39, 0.29) is 0 Å². The summed E-state index contributed by atoms with van der Waals surface area (Å²) in [5.74, 6) is 1.04. The minimum absolute atomic E-state index is 0.416. The summed E-state index contributed by atoms with van der Waals surface area (Å²) >= 11 is 9.63. The number of rotatable bonds is 2. The number of hydrogen-bond acceptors (Lipinski definition) is 3. The number of nitrogens with zero attached hydrogens (tertiary/aromatic N) is 2. The summed E-state index contributed by atoms with van der Waals surface area (Å²) in [6.45, 7) is 0. The maximum atomic E-state index is 6.17. The summed E-state index contributed by atoms with van der Waals surface area (Å²) in [6.07, 6.45) is 0. The van der Waals surface area contributed by atoms with Crippen LogP contribution in [0.4, 0.5) is 5.95 Å². The summed E-state index contributed by atoms with van der Waals surface area (Å²) in [4.78, 5) is 4.35. The van der Waals surface area contributed by atoms with Crippen molar-refractivity contribution < 1.29 is 4.74 Å². The highest BCUT2D eigenvalue weighted by Crippen LogP contribution is 2.30. The van der Waals surface area contributed by atoms with E-state index in [1.807, 2.05) is 28.8 Å². The van der Waals surface area contributed by atoms with Crippen molar-refractivity contribution in [2.24, 2.45) is 0 Å². The van der Waals surface area contributed by atoms with Crippen LogP contribution in [0.1, 0.15) is 0 Å². The highest BCUT2D eigenvalue weighted by atomic mass is 79.9. The molecule has 0 aliphatic heterocycles. The summed E-state index contributed by atoms with van der Waals surface area (Å²) in [6, 6.07) is 11.3. The number of ether oxygens (including phenoxy) is 1. The maximum Gasteiger partial charge on any atom is 0.205 e. The van der Waals surface area contributed by atoms with Crippen LogP contribution in [0.3, 0.4) is 0 Å². The number of methoxy groups -OCH3 is 1. The number of imidazole rings is 1. The van der Waals surface area contributed by atoms with Crippen molar-refractivity contribution in [3.05, 3.63) is 45.9 Å². The quantitative estimate of drug-likeness (QED) is 0.757. The first-order valence-electron chi connectivity index (χ1n) is 5.87. The molecule has 2 N–H and O–H groups in total. The van der Waals surface area contributed by atoms with Crippen LogP contribution >= 0.6 is 27.5 Å². The molecule has 6 heteroatoms. The number of halogens is 2. The van der Waals surface area contributed by atoms with Gasteiger partial charge in [-0.1, -0.05) is 27.5 Å². The molecule has 20 heavy (non-hydrogen) atoms. The SMILES string of the molecule is COc1ccc(-n2c(N)nc3ccc(Br)cc32)cc1Cl. The Hall–Kier alpha value is -1.72. The summed E-state index contributed by atoms with van der Waals surface area (Å²) < 4.78 is 7.97. The Morgan fingerprint density at radius 1 is 1.25 bits per heavy atom. The molecule has 0 spiro atoms. The lowest BCUT2D eigenvalue weighted by molar-refractivity contribution is 0.415. The third kappa shape index (κ3) is 2.13. The van der Waals surface area contributed by atoms with E-state index in [4.69, 9.17) is 22.1 Å². The zero-order valence-electron chi connectivity index (χ0n) is 10.6. The van der Waals surface area contributed by atoms with Crippen molar-refractivity contribution >= 4 is 44.5 Å². The predicted octanol–water partition coefficient (Wildman–Crippen LogP) is 4.03. The molecule has 0 amide bonds. The maximum absolute atomic E-state index is 6.17. The van der Waals surface area contributed by atoms with Gasteiger partial charge in [0.2, 0.25) is 5.95 Å². The van der Waals surface area contributed by atoms with Crippen LogP contribution in [-0.4, -0.2) is 16.7 Å². The minimum atomic E-state index is 0.416. The van der Waals surface area contributed by atoms with Gasteiger partial charge in [0.25, 0.3) is 0 Å². The van der Waals surface area contributed by atoms with E-state index >= 15 is 0 Å². The van der Waals surface area contributed by atoms with Crippen LogP contribution in [0.25, 0.3) is 16.7 Å². The molecule has 3 aromatic rings. The normalized spacial score (nSPS) is 10.9. The molecule has 0 atom stereocenters. The minimum Gasteiger partial charge on any atom is -0.495 e. The summed E-state index contributed by atoms with van der Waals surface area (Å²) in [5, 5.41) is 0.529. The number of aromatic nitrogens is 2. The van der Waals surface area contributed by atoms with Gasteiger partial charge >= 0.3 is 0 Å². The molecule has 0 saturated heterocycles. The summed E-state index contributed by atoms with van der Waals surface area (Å²) in [5.41, 5.74) is 8.61. The average Bonchev–Trinajstić information content (AvgIpc) is 2.74. The van der Waals surface area contributed by atoms with Crippen molar-refractivity contribution in [1.82, 2.24) is 9.55 Å². The van der Waals surface area contributed by atoms with Gasteiger partial charge in [0.15, 0.2) is 0 Å². The Labute approximate surface area is 129 Å². The second-order valence-electron chi connectivity index (χ2n) is 4.26. The van der Waals surface area contributed by atoms with E-state index in [0.717, 1.165) is 21.2 Å². The van der Waals surface area contributed by atoms with Gasteiger partial charge in [-0.15, -0.1) is 0 Å². The van der Waals surface area contributed by atoms with E-state index in [0.29, 0.717) is 16.7 Å². The standard InChI is InChI=1S/C14H11BrClN3O/c1-20-13-5-3-9(7-10(13)16)19-12-6-8(15)2-4-11(12)18-14(19)17/h2-7H,1H3,(H2,17,18). The number of nitrogen functional groups attached to an aromatic ring is 1. The van der Waals surface area contributed by atoms with E-state index in [9.17, 15) is 0 Å². The first-order valence-corrected chi connectivity index (χ1v) is 7.04. The fourth-order valence-corrected chi connectivity index (χ4v) is 2.73. The molecule has 2 aromatic carbocycles. The molecule has 3 rings (SSSR count). The fourth-order valence-electron chi connectivity index (χ4n) is 2.13. The zero-order valence-corrected chi connectivity index (χ0v) is 12.9. The second kappa shape index (κ2) is 5.00. The number of nitrogens with two attached hydrogens (primary N) is 1. The van der Waals surface area contributed by atoms with E-state index in [2.05, 4.69) is 20.9 Å². The molecule has 0 radical (unpaired) electrons. The van der Waals surface area contributed by atoms with Gasteiger partial charge in [0, 0.05) is 4.47 Å². The molecule has 4 nitrogen and oxygen atoms in total. The van der Waals surface area contributed by atoms with E-state index in [1.165, 1.54) is 0 Å². The predicted molar refractivity (Wildman–Crippen MR) is 84.7 cm³/mol. The first kappa shape index (κ1) is 13.3. The molecule has 1 heterocycles. The van der Waals surface area contributed by atoms with E-state index < -0.39 is 0 Å². The molecular weight excluding hydrogens is 342 g/mol. The van der Waals surface area contributed by atoms with Crippen molar-refractivity contribution in [3.8, 4) is 11.4 Å². The Bertz CT molecular complexity index is 800. The number of benzene rings is 2. The van der Waals surface area contributed by atoms with E-state index in [1.54, 1.807) is 19.2 Å². The van der Waals surface area contributed by atoms with Crippen LogP contribution in [0, 0.1) is 0 Å². The molecule has 0 saturated carbocycles. The Kier molecular flexibility index (Phi) is 3.31. The lowest BCUT2D eigenvalue weighted by Crippen LogP contribution is -2.00. The van der Waals surface area contributed by atoms with Gasteiger partial charge in [-0.3, -0.25) is 4.57 Å². The fraction of sp³-hybridized carbons (Fsp3) is 0.0714. The van der Waals surface area contributed by atoms with Crippen LogP contribution in [-0.2, 0) is 0 Å². The monoisotopic (exact) mass is 351 g/mol. The zero-order chi connectivity index (χ0) is 14.3. The number of anilines is 1. The lowest BCUT2D eigenvalue weighted by Gasteiger charge is -2.09. The largest absolute Gasteiger partial charge is 0.495 e. The lowest BCUT2D eigenvalue weighted by atomic mass is 10.2. The van der Waals surface area contributed by atoms with Gasteiger partial charge in [0.1, 0.15) is 5.75 Å². The Morgan fingerprint density at radius 3 is 2.75 bits per heavy atom. The molecule has 102 valence electrons. The Balaban J connectivity index is 2.26. The molecular formula is C14H11BrClN3O.